The molecule has 0 radical (unpaired) electrons. The van der Waals surface area contributed by atoms with E-state index in [4.69, 9.17) is 10.5 Å². The van der Waals surface area contributed by atoms with Gasteiger partial charge in [-0.1, -0.05) is 18.2 Å². The van der Waals surface area contributed by atoms with Crippen molar-refractivity contribution in [1.82, 2.24) is 0 Å². The normalized spacial score (nSPS) is 25.1. The van der Waals surface area contributed by atoms with Crippen molar-refractivity contribution in [1.29, 1.82) is 5.26 Å². The molecule has 0 amide bonds. The molecule has 0 bridgehead atoms. The van der Waals surface area contributed by atoms with E-state index in [9.17, 15) is 5.26 Å². The van der Waals surface area contributed by atoms with E-state index in [2.05, 4.69) is 11.4 Å². The van der Waals surface area contributed by atoms with E-state index in [0.29, 0.717) is 12.1 Å². The third-order valence-electron chi connectivity index (χ3n) is 3.32. The van der Waals surface area contributed by atoms with Gasteiger partial charge in [-0.2, -0.15) is 5.26 Å². The largest absolute Gasteiger partial charge is 0.448 e. The highest BCUT2D eigenvalue weighted by Gasteiger charge is 2.43. The van der Waals surface area contributed by atoms with Gasteiger partial charge in [0.05, 0.1) is 11.7 Å². The number of ether oxygens (including phenoxy) is 1. The molecule has 2 aliphatic heterocycles. The molecule has 2 heterocycles. The van der Waals surface area contributed by atoms with Gasteiger partial charge < -0.3 is 15.8 Å². The third-order valence-corrected chi connectivity index (χ3v) is 3.32. The Morgan fingerprint density at radius 2 is 2.24 bits per heavy atom. The molecule has 3 N–H and O–H groups in total. The lowest BCUT2D eigenvalue weighted by Crippen LogP contribution is -2.33. The highest BCUT2D eigenvalue weighted by Crippen LogP contribution is 2.44. The van der Waals surface area contributed by atoms with Crippen LogP contribution in [0, 0.1) is 11.3 Å². The van der Waals surface area contributed by atoms with Gasteiger partial charge in [0.15, 0.2) is 0 Å². The lowest BCUT2D eigenvalue weighted by Gasteiger charge is -2.28. The van der Waals surface area contributed by atoms with Crippen molar-refractivity contribution in [3.63, 3.8) is 0 Å². The van der Waals surface area contributed by atoms with E-state index in [-0.39, 0.29) is 5.88 Å². The van der Waals surface area contributed by atoms with Gasteiger partial charge in [0.2, 0.25) is 5.88 Å². The molecule has 0 fully saturated rings. The predicted octanol–water partition coefficient (Wildman–Crippen LogP) is 1.59. The number of nitrogens with two attached hydrogens (primary N) is 1. The van der Waals surface area contributed by atoms with E-state index in [0.717, 1.165) is 11.3 Å². The average Bonchev–Trinajstić information content (AvgIpc) is 2.70. The Balaban J connectivity index is 2.25. The number of benzene rings is 1. The quantitative estimate of drug-likeness (QED) is 0.703. The van der Waals surface area contributed by atoms with E-state index in [1.807, 2.05) is 30.3 Å². The van der Waals surface area contributed by atoms with Crippen LogP contribution >= 0.6 is 0 Å². The van der Waals surface area contributed by atoms with Crippen molar-refractivity contribution in [3.05, 3.63) is 53.6 Å². The Bertz CT molecular complexity index is 583. The second kappa shape index (κ2) is 3.29. The molecular weight excluding hydrogens is 214 g/mol. The van der Waals surface area contributed by atoms with Crippen LogP contribution in [0.5, 0.6) is 0 Å². The summed E-state index contributed by atoms with van der Waals surface area (Å²) >= 11 is 0. The molecule has 4 nitrogen and oxygen atoms in total. The van der Waals surface area contributed by atoms with Crippen LogP contribution in [0.3, 0.4) is 0 Å². The van der Waals surface area contributed by atoms with Crippen molar-refractivity contribution in [3.8, 4) is 6.07 Å². The Hall–Kier alpha value is -2.41. The molecule has 17 heavy (non-hydrogen) atoms. The van der Waals surface area contributed by atoms with Crippen LogP contribution < -0.4 is 11.1 Å². The molecule has 1 atom stereocenters. The summed E-state index contributed by atoms with van der Waals surface area (Å²) in [5.74, 6) is 0.188. The average molecular weight is 225 g/mol. The maximum Gasteiger partial charge on any atom is 0.205 e. The number of nitrogens with zero attached hydrogens (tertiary/aromatic N) is 1. The highest BCUT2D eigenvalue weighted by atomic mass is 16.5. The number of para-hydroxylation sites is 1. The van der Waals surface area contributed by atoms with Crippen LogP contribution in [0.4, 0.5) is 5.69 Å². The second-order valence-corrected chi connectivity index (χ2v) is 4.14. The van der Waals surface area contributed by atoms with Gasteiger partial charge in [0, 0.05) is 12.2 Å². The Morgan fingerprint density at radius 3 is 3.06 bits per heavy atom. The van der Waals surface area contributed by atoms with Crippen LogP contribution in [0.25, 0.3) is 0 Å². The van der Waals surface area contributed by atoms with Gasteiger partial charge in [-0.15, -0.1) is 0 Å². The smallest absolute Gasteiger partial charge is 0.205 e. The monoisotopic (exact) mass is 225 g/mol. The summed E-state index contributed by atoms with van der Waals surface area (Å²) in [6.07, 6.45) is 3.45. The van der Waals surface area contributed by atoms with Crippen LogP contribution in [0.15, 0.2) is 48.1 Å². The van der Waals surface area contributed by atoms with Crippen molar-refractivity contribution in [2.75, 3.05) is 11.9 Å². The fourth-order valence-corrected chi connectivity index (χ4v) is 2.47. The minimum atomic E-state index is -0.478. The summed E-state index contributed by atoms with van der Waals surface area (Å²) < 4.78 is 5.11. The first kappa shape index (κ1) is 9.79. The van der Waals surface area contributed by atoms with E-state index in [1.165, 1.54) is 0 Å². The number of nitrogens with one attached hydrogen (secondary N) is 1. The van der Waals surface area contributed by atoms with E-state index in [1.54, 1.807) is 6.26 Å². The zero-order chi connectivity index (χ0) is 11.9. The van der Waals surface area contributed by atoms with Gasteiger partial charge >= 0.3 is 0 Å². The molecule has 3 rings (SSSR count). The van der Waals surface area contributed by atoms with Crippen LogP contribution in [0.1, 0.15) is 5.56 Å². The molecule has 0 aromatic heterocycles. The standard InChI is InChI=1S/C13H11N3O/c14-7-10-12(15)17-6-5-13(10)8-16-11-4-2-1-3-9(11)13/h1-6,16H,8,15H2. The maximum absolute atomic E-state index is 9.28. The fourth-order valence-electron chi connectivity index (χ4n) is 2.47. The zero-order valence-corrected chi connectivity index (χ0v) is 9.10. The summed E-state index contributed by atoms with van der Waals surface area (Å²) in [4.78, 5) is 0. The van der Waals surface area contributed by atoms with E-state index >= 15 is 0 Å². The van der Waals surface area contributed by atoms with Crippen LogP contribution in [-0.2, 0) is 10.2 Å². The molecule has 1 spiro atoms. The Kier molecular flexibility index (Phi) is 1.89. The summed E-state index contributed by atoms with van der Waals surface area (Å²) in [5, 5.41) is 12.6. The van der Waals surface area contributed by atoms with Gasteiger partial charge in [0.1, 0.15) is 11.6 Å². The topological polar surface area (TPSA) is 71.1 Å². The molecule has 0 saturated carbocycles. The zero-order valence-electron chi connectivity index (χ0n) is 9.10. The Morgan fingerprint density at radius 1 is 1.41 bits per heavy atom. The molecule has 84 valence electrons. The summed E-state index contributed by atoms with van der Waals surface area (Å²) in [5.41, 5.74) is 7.86. The van der Waals surface area contributed by atoms with Crippen molar-refractivity contribution >= 4 is 5.69 Å². The van der Waals surface area contributed by atoms with Gasteiger partial charge in [-0.25, -0.2) is 0 Å². The molecule has 1 aromatic rings. The predicted molar refractivity (Wildman–Crippen MR) is 63.7 cm³/mol. The molecule has 1 unspecified atom stereocenters. The number of nitriles is 1. The first-order valence-corrected chi connectivity index (χ1v) is 5.36. The van der Waals surface area contributed by atoms with Crippen molar-refractivity contribution in [2.45, 2.75) is 5.41 Å². The first-order valence-electron chi connectivity index (χ1n) is 5.36. The number of hydrogen-bond donors (Lipinski definition) is 2. The lowest BCUT2D eigenvalue weighted by molar-refractivity contribution is 0.319. The highest BCUT2D eigenvalue weighted by molar-refractivity contribution is 5.68. The molecule has 4 heteroatoms. The minimum absolute atomic E-state index is 0.188. The summed E-state index contributed by atoms with van der Waals surface area (Å²) in [6.45, 7) is 0.635. The van der Waals surface area contributed by atoms with Crippen LogP contribution in [-0.4, -0.2) is 6.54 Å². The number of anilines is 1. The number of fused-ring (bicyclic) bond motifs is 2. The summed E-state index contributed by atoms with van der Waals surface area (Å²) in [7, 11) is 0. The summed E-state index contributed by atoms with van der Waals surface area (Å²) in [6, 6.07) is 10.1. The second-order valence-electron chi connectivity index (χ2n) is 4.14. The van der Waals surface area contributed by atoms with E-state index < -0.39 is 5.41 Å². The van der Waals surface area contributed by atoms with Gasteiger partial charge in [-0.05, 0) is 17.7 Å². The van der Waals surface area contributed by atoms with Gasteiger partial charge in [0.25, 0.3) is 0 Å². The number of hydrogen-bond acceptors (Lipinski definition) is 4. The first-order chi connectivity index (χ1) is 8.28. The Labute approximate surface area is 99.0 Å². The number of rotatable bonds is 0. The minimum Gasteiger partial charge on any atom is -0.448 e. The fraction of sp³-hybridized carbons (Fsp3) is 0.154. The molecule has 2 aliphatic rings. The lowest BCUT2D eigenvalue weighted by atomic mass is 9.75. The van der Waals surface area contributed by atoms with Crippen molar-refractivity contribution < 1.29 is 4.74 Å². The molecule has 1 aromatic carbocycles. The molecule has 0 aliphatic carbocycles. The van der Waals surface area contributed by atoms with Crippen molar-refractivity contribution in [2.24, 2.45) is 5.73 Å². The SMILES string of the molecule is N#CC1=C(N)OC=CC12CNc1ccccc12. The molecule has 0 saturated heterocycles. The van der Waals surface area contributed by atoms with Gasteiger partial charge in [-0.3, -0.25) is 0 Å². The third kappa shape index (κ3) is 1.16. The van der Waals surface area contributed by atoms with Crippen LogP contribution in [0.2, 0.25) is 0 Å². The molecular formula is C13H11N3O. The maximum atomic E-state index is 9.28.